The Balaban J connectivity index is 2.12. The Morgan fingerprint density at radius 3 is 2.47 bits per heavy atom. The minimum Gasteiger partial charge on any atom is -0.311 e. The lowest BCUT2D eigenvalue weighted by Gasteiger charge is -2.46. The fraction of sp³-hybridized carbons (Fsp3) is 0.625. The second-order valence-corrected chi connectivity index (χ2v) is 7.99. The summed E-state index contributed by atoms with van der Waals surface area (Å²) in [5, 5.41) is 3.62. The summed E-state index contributed by atoms with van der Waals surface area (Å²) in [6.45, 7) is 12.6. The van der Waals surface area contributed by atoms with E-state index in [1.165, 1.54) is 9.13 Å². The predicted octanol–water partition coefficient (Wildman–Crippen LogP) is 3.50. The number of rotatable bonds is 2. The molecule has 3 heteroatoms. The summed E-state index contributed by atoms with van der Waals surface area (Å²) in [6.07, 6.45) is 0. The Morgan fingerprint density at radius 2 is 1.89 bits per heavy atom. The summed E-state index contributed by atoms with van der Waals surface area (Å²) in [5.74, 6) is 0. The molecular formula is C16H25IN2. The summed E-state index contributed by atoms with van der Waals surface area (Å²) in [5.41, 5.74) is 1.74. The van der Waals surface area contributed by atoms with Crippen molar-refractivity contribution in [2.45, 2.75) is 46.3 Å². The van der Waals surface area contributed by atoms with Crippen molar-refractivity contribution < 1.29 is 0 Å². The average molecular weight is 372 g/mol. The maximum atomic E-state index is 3.62. The third kappa shape index (κ3) is 4.17. The first-order valence-corrected chi connectivity index (χ1v) is 8.16. The van der Waals surface area contributed by atoms with Crippen LogP contribution in [-0.4, -0.2) is 30.1 Å². The number of nitrogens with one attached hydrogen (secondary N) is 1. The minimum atomic E-state index is 0.316. The zero-order chi connectivity index (χ0) is 14.0. The van der Waals surface area contributed by atoms with E-state index < -0.39 is 0 Å². The first-order valence-electron chi connectivity index (χ1n) is 7.08. The molecule has 1 aliphatic rings. The molecule has 0 radical (unpaired) electrons. The molecule has 1 N–H and O–H groups in total. The lowest BCUT2D eigenvalue weighted by Crippen LogP contribution is -2.59. The molecule has 0 aliphatic carbocycles. The van der Waals surface area contributed by atoms with Crippen LogP contribution in [0.2, 0.25) is 0 Å². The summed E-state index contributed by atoms with van der Waals surface area (Å²) in [4.78, 5) is 2.64. The van der Waals surface area contributed by atoms with E-state index in [1.54, 1.807) is 0 Å². The molecule has 0 saturated carbocycles. The Kier molecular flexibility index (Phi) is 4.90. The van der Waals surface area contributed by atoms with Crippen molar-refractivity contribution in [3.63, 3.8) is 0 Å². The standard InChI is InChI=1S/C16H25IN2/c1-12-10-19(15(9-18-12)16(2,3)4)11-13-5-7-14(17)8-6-13/h5-8,12,15,18H,9-11H2,1-4H3. The maximum absolute atomic E-state index is 3.62. The molecule has 1 aliphatic heterocycles. The monoisotopic (exact) mass is 372 g/mol. The summed E-state index contributed by atoms with van der Waals surface area (Å²) < 4.78 is 1.31. The van der Waals surface area contributed by atoms with Crippen LogP contribution in [0.25, 0.3) is 0 Å². The number of hydrogen-bond acceptors (Lipinski definition) is 2. The van der Waals surface area contributed by atoms with Crippen molar-refractivity contribution in [2.24, 2.45) is 5.41 Å². The highest BCUT2D eigenvalue weighted by Crippen LogP contribution is 2.27. The normalized spacial score (nSPS) is 25.5. The highest BCUT2D eigenvalue weighted by Gasteiger charge is 2.34. The molecule has 2 rings (SSSR count). The van der Waals surface area contributed by atoms with Crippen molar-refractivity contribution in [3.8, 4) is 0 Å². The molecule has 1 aromatic rings. The first kappa shape index (κ1) is 15.3. The lowest BCUT2D eigenvalue weighted by molar-refractivity contribution is 0.0526. The third-order valence-electron chi connectivity index (χ3n) is 3.91. The SMILES string of the molecule is CC1CN(Cc2ccc(I)cc2)C(C(C)(C)C)CN1. The van der Waals surface area contributed by atoms with Crippen LogP contribution in [0.5, 0.6) is 0 Å². The Morgan fingerprint density at radius 1 is 1.26 bits per heavy atom. The average Bonchev–Trinajstić information content (AvgIpc) is 2.30. The van der Waals surface area contributed by atoms with Gasteiger partial charge in [-0.3, -0.25) is 4.90 Å². The van der Waals surface area contributed by atoms with Crippen molar-refractivity contribution >= 4 is 22.6 Å². The highest BCUT2D eigenvalue weighted by molar-refractivity contribution is 14.1. The van der Waals surface area contributed by atoms with Gasteiger partial charge in [0.2, 0.25) is 0 Å². The van der Waals surface area contributed by atoms with Crippen molar-refractivity contribution in [2.75, 3.05) is 13.1 Å². The zero-order valence-electron chi connectivity index (χ0n) is 12.4. The van der Waals surface area contributed by atoms with Crippen LogP contribution in [0, 0.1) is 8.99 Å². The fourth-order valence-corrected chi connectivity index (χ4v) is 3.20. The van der Waals surface area contributed by atoms with Gasteiger partial charge >= 0.3 is 0 Å². The van der Waals surface area contributed by atoms with Gasteiger partial charge in [0, 0.05) is 35.3 Å². The molecule has 1 saturated heterocycles. The van der Waals surface area contributed by atoms with Crippen LogP contribution in [0.4, 0.5) is 0 Å². The number of benzene rings is 1. The lowest BCUT2D eigenvalue weighted by atomic mass is 9.83. The summed E-state index contributed by atoms with van der Waals surface area (Å²) in [7, 11) is 0. The molecule has 0 amide bonds. The highest BCUT2D eigenvalue weighted by atomic mass is 127. The molecule has 2 atom stereocenters. The first-order chi connectivity index (χ1) is 8.86. The van der Waals surface area contributed by atoms with E-state index >= 15 is 0 Å². The van der Waals surface area contributed by atoms with E-state index in [0.717, 1.165) is 19.6 Å². The van der Waals surface area contributed by atoms with Gasteiger partial charge in [0.15, 0.2) is 0 Å². The van der Waals surface area contributed by atoms with Crippen LogP contribution in [0.15, 0.2) is 24.3 Å². The molecule has 2 nitrogen and oxygen atoms in total. The van der Waals surface area contributed by atoms with Gasteiger partial charge < -0.3 is 5.32 Å². The van der Waals surface area contributed by atoms with Crippen molar-refractivity contribution in [1.82, 2.24) is 10.2 Å². The molecule has 19 heavy (non-hydrogen) atoms. The Labute approximate surface area is 131 Å². The molecule has 0 aromatic heterocycles. The van der Waals surface area contributed by atoms with Crippen LogP contribution in [0.3, 0.4) is 0 Å². The minimum absolute atomic E-state index is 0.316. The van der Waals surface area contributed by atoms with Gasteiger partial charge in [-0.2, -0.15) is 0 Å². The molecule has 1 aromatic carbocycles. The van der Waals surface area contributed by atoms with E-state index in [1.807, 2.05) is 0 Å². The van der Waals surface area contributed by atoms with Crippen LogP contribution in [-0.2, 0) is 6.54 Å². The Bertz CT molecular complexity index is 408. The zero-order valence-corrected chi connectivity index (χ0v) is 14.6. The van der Waals surface area contributed by atoms with Crippen LogP contribution < -0.4 is 5.32 Å². The maximum Gasteiger partial charge on any atom is 0.0273 e. The van der Waals surface area contributed by atoms with Gasteiger partial charge in [0.05, 0.1) is 0 Å². The third-order valence-corrected chi connectivity index (χ3v) is 4.63. The molecule has 1 heterocycles. The summed E-state index contributed by atoms with van der Waals surface area (Å²) in [6, 6.07) is 10.1. The number of piperazine rings is 1. The van der Waals surface area contributed by atoms with Gasteiger partial charge in [0.1, 0.15) is 0 Å². The van der Waals surface area contributed by atoms with Gasteiger partial charge in [-0.1, -0.05) is 32.9 Å². The predicted molar refractivity (Wildman–Crippen MR) is 90.3 cm³/mol. The van der Waals surface area contributed by atoms with E-state index in [-0.39, 0.29) is 0 Å². The molecule has 106 valence electrons. The smallest absolute Gasteiger partial charge is 0.0273 e. The topological polar surface area (TPSA) is 15.3 Å². The van der Waals surface area contributed by atoms with Crippen molar-refractivity contribution in [1.29, 1.82) is 0 Å². The van der Waals surface area contributed by atoms with Gasteiger partial charge in [-0.25, -0.2) is 0 Å². The van der Waals surface area contributed by atoms with E-state index in [0.29, 0.717) is 17.5 Å². The molecule has 0 spiro atoms. The fourth-order valence-electron chi connectivity index (χ4n) is 2.84. The number of nitrogens with zero attached hydrogens (tertiary/aromatic N) is 1. The second kappa shape index (κ2) is 6.10. The largest absolute Gasteiger partial charge is 0.311 e. The van der Waals surface area contributed by atoms with Crippen LogP contribution >= 0.6 is 22.6 Å². The Hall–Kier alpha value is -0.130. The van der Waals surface area contributed by atoms with Crippen LogP contribution in [0.1, 0.15) is 33.3 Å². The second-order valence-electron chi connectivity index (χ2n) is 6.75. The molecule has 0 bridgehead atoms. The van der Waals surface area contributed by atoms with Gasteiger partial charge in [-0.05, 0) is 52.6 Å². The summed E-state index contributed by atoms with van der Waals surface area (Å²) >= 11 is 2.36. The van der Waals surface area contributed by atoms with Gasteiger partial charge in [0.25, 0.3) is 0 Å². The molecule has 2 unspecified atom stereocenters. The van der Waals surface area contributed by atoms with E-state index in [2.05, 4.69) is 84.8 Å². The molecular weight excluding hydrogens is 347 g/mol. The number of hydrogen-bond donors (Lipinski definition) is 1. The number of halogens is 1. The molecule has 1 fully saturated rings. The van der Waals surface area contributed by atoms with Crippen molar-refractivity contribution in [3.05, 3.63) is 33.4 Å². The van der Waals surface area contributed by atoms with E-state index in [9.17, 15) is 0 Å². The van der Waals surface area contributed by atoms with Gasteiger partial charge in [-0.15, -0.1) is 0 Å². The van der Waals surface area contributed by atoms with E-state index in [4.69, 9.17) is 0 Å². The quantitative estimate of drug-likeness (QED) is 0.800.